The third kappa shape index (κ3) is 2.21. The second kappa shape index (κ2) is 3.77. The summed E-state index contributed by atoms with van der Waals surface area (Å²) in [6.45, 7) is 6.62. The van der Waals surface area contributed by atoms with Crippen molar-refractivity contribution in [2.24, 2.45) is 5.41 Å². The second-order valence-corrected chi connectivity index (χ2v) is 6.02. The van der Waals surface area contributed by atoms with Gasteiger partial charge in [0.15, 0.2) is 0 Å². The van der Waals surface area contributed by atoms with Crippen molar-refractivity contribution in [1.29, 1.82) is 0 Å². The lowest BCUT2D eigenvalue weighted by molar-refractivity contribution is 0.400. The summed E-state index contributed by atoms with van der Waals surface area (Å²) in [7, 11) is 0. The fraction of sp³-hybridized carbons (Fsp3) is 0.417. The van der Waals surface area contributed by atoms with E-state index in [0.717, 1.165) is 28.1 Å². The fourth-order valence-electron chi connectivity index (χ4n) is 1.72. The van der Waals surface area contributed by atoms with Crippen LogP contribution in [0.25, 0.3) is 5.52 Å². The maximum absolute atomic E-state index is 5.77. The third-order valence-corrected chi connectivity index (χ3v) is 2.97. The number of anilines is 1. The van der Waals surface area contributed by atoms with Gasteiger partial charge in [-0.2, -0.15) is 0 Å². The van der Waals surface area contributed by atoms with Crippen LogP contribution in [-0.4, -0.2) is 9.38 Å². The summed E-state index contributed by atoms with van der Waals surface area (Å²) >= 11 is 3.47. The maximum Gasteiger partial charge on any atom is 0.132 e. The largest absolute Gasteiger partial charge is 0.399 e. The number of imidazole rings is 1. The Kier molecular flexibility index (Phi) is 2.70. The zero-order valence-electron chi connectivity index (χ0n) is 9.79. The third-order valence-electron chi connectivity index (χ3n) is 2.38. The minimum atomic E-state index is 0.224. The van der Waals surface area contributed by atoms with Crippen molar-refractivity contribution in [2.45, 2.75) is 27.2 Å². The lowest BCUT2D eigenvalue weighted by Gasteiger charge is -2.16. The summed E-state index contributed by atoms with van der Waals surface area (Å²) in [6, 6.07) is 3.83. The standard InChI is InChI=1S/C12H16BrN3/c1-12(2,3)7-10-15-11(13)9-6-8(14)4-5-16(9)10/h4-6H,7,14H2,1-3H3. The zero-order valence-corrected chi connectivity index (χ0v) is 11.4. The summed E-state index contributed by atoms with van der Waals surface area (Å²) in [5.41, 5.74) is 7.78. The smallest absolute Gasteiger partial charge is 0.132 e. The van der Waals surface area contributed by atoms with E-state index < -0.39 is 0 Å². The van der Waals surface area contributed by atoms with Gasteiger partial charge in [0.1, 0.15) is 10.4 Å². The monoisotopic (exact) mass is 281 g/mol. The van der Waals surface area contributed by atoms with Crippen LogP contribution in [0.5, 0.6) is 0 Å². The lowest BCUT2D eigenvalue weighted by Crippen LogP contribution is -2.11. The Labute approximate surface area is 104 Å². The van der Waals surface area contributed by atoms with Gasteiger partial charge in [-0.05, 0) is 33.5 Å². The van der Waals surface area contributed by atoms with Gasteiger partial charge in [-0.25, -0.2) is 4.98 Å². The first-order valence-electron chi connectivity index (χ1n) is 5.29. The quantitative estimate of drug-likeness (QED) is 0.872. The van der Waals surface area contributed by atoms with Crippen molar-refractivity contribution in [1.82, 2.24) is 9.38 Å². The van der Waals surface area contributed by atoms with Crippen molar-refractivity contribution in [3.63, 3.8) is 0 Å². The molecule has 0 aliphatic rings. The van der Waals surface area contributed by atoms with Gasteiger partial charge in [-0.1, -0.05) is 20.8 Å². The van der Waals surface area contributed by atoms with Crippen LogP contribution in [0.1, 0.15) is 26.6 Å². The zero-order chi connectivity index (χ0) is 11.9. The molecule has 2 aromatic rings. The summed E-state index contributed by atoms with van der Waals surface area (Å²) in [5, 5.41) is 0. The molecule has 0 aliphatic heterocycles. The SMILES string of the molecule is CC(C)(C)Cc1nc(Br)c2cc(N)ccn12. The Balaban J connectivity index is 2.55. The Morgan fingerprint density at radius 3 is 2.75 bits per heavy atom. The van der Waals surface area contributed by atoms with Gasteiger partial charge >= 0.3 is 0 Å². The van der Waals surface area contributed by atoms with Crippen LogP contribution in [0.3, 0.4) is 0 Å². The average molecular weight is 282 g/mol. The van der Waals surface area contributed by atoms with E-state index in [0.29, 0.717) is 0 Å². The van der Waals surface area contributed by atoms with E-state index >= 15 is 0 Å². The van der Waals surface area contributed by atoms with E-state index in [9.17, 15) is 0 Å². The van der Waals surface area contributed by atoms with Gasteiger partial charge in [0.05, 0.1) is 5.52 Å². The number of hydrogen-bond donors (Lipinski definition) is 1. The number of aromatic nitrogens is 2. The van der Waals surface area contributed by atoms with Crippen LogP contribution in [0.15, 0.2) is 22.9 Å². The Morgan fingerprint density at radius 2 is 2.12 bits per heavy atom. The number of pyridine rings is 1. The molecule has 0 unspecified atom stereocenters. The molecule has 0 aromatic carbocycles. The van der Waals surface area contributed by atoms with Gasteiger partial charge < -0.3 is 10.1 Å². The maximum atomic E-state index is 5.77. The van der Waals surface area contributed by atoms with E-state index in [-0.39, 0.29) is 5.41 Å². The first-order chi connectivity index (χ1) is 7.37. The van der Waals surface area contributed by atoms with Crippen molar-refractivity contribution < 1.29 is 0 Å². The minimum Gasteiger partial charge on any atom is -0.399 e. The highest BCUT2D eigenvalue weighted by molar-refractivity contribution is 9.10. The van der Waals surface area contributed by atoms with Crippen LogP contribution in [-0.2, 0) is 6.42 Å². The Hall–Kier alpha value is -1.03. The van der Waals surface area contributed by atoms with Crippen LogP contribution in [0.2, 0.25) is 0 Å². The van der Waals surface area contributed by atoms with Crippen LogP contribution >= 0.6 is 15.9 Å². The predicted molar refractivity (Wildman–Crippen MR) is 70.5 cm³/mol. The van der Waals surface area contributed by atoms with E-state index in [4.69, 9.17) is 5.73 Å². The molecule has 2 aromatic heterocycles. The second-order valence-electron chi connectivity index (χ2n) is 5.27. The molecule has 0 bridgehead atoms. The van der Waals surface area contributed by atoms with E-state index in [1.165, 1.54) is 0 Å². The van der Waals surface area contributed by atoms with Crippen molar-refractivity contribution in [2.75, 3.05) is 5.73 Å². The number of nitrogen functional groups attached to an aromatic ring is 1. The number of nitrogens with zero attached hydrogens (tertiary/aromatic N) is 2. The highest BCUT2D eigenvalue weighted by atomic mass is 79.9. The fourth-order valence-corrected chi connectivity index (χ4v) is 2.23. The van der Waals surface area contributed by atoms with Gasteiger partial charge in [-0.3, -0.25) is 0 Å². The molecule has 0 spiro atoms. The highest BCUT2D eigenvalue weighted by Gasteiger charge is 2.17. The number of nitrogens with two attached hydrogens (primary N) is 1. The molecule has 0 atom stereocenters. The minimum absolute atomic E-state index is 0.224. The molecule has 16 heavy (non-hydrogen) atoms. The molecule has 0 amide bonds. The molecule has 86 valence electrons. The number of halogens is 1. The summed E-state index contributed by atoms with van der Waals surface area (Å²) in [5.74, 6) is 1.06. The molecular weight excluding hydrogens is 266 g/mol. The van der Waals surface area contributed by atoms with Crippen LogP contribution in [0.4, 0.5) is 5.69 Å². The van der Waals surface area contributed by atoms with Crippen LogP contribution in [0, 0.1) is 5.41 Å². The summed E-state index contributed by atoms with van der Waals surface area (Å²) in [6.07, 6.45) is 2.91. The molecular formula is C12H16BrN3. The van der Waals surface area contributed by atoms with E-state index in [1.54, 1.807) is 0 Å². The predicted octanol–water partition coefficient (Wildman–Crippen LogP) is 3.27. The molecule has 0 radical (unpaired) electrons. The van der Waals surface area contributed by atoms with Gasteiger partial charge in [0, 0.05) is 18.3 Å². The van der Waals surface area contributed by atoms with Crippen molar-refractivity contribution >= 4 is 27.1 Å². The molecule has 0 fully saturated rings. The molecule has 0 saturated heterocycles. The van der Waals surface area contributed by atoms with E-state index in [2.05, 4.69) is 46.1 Å². The summed E-state index contributed by atoms with van der Waals surface area (Å²) < 4.78 is 2.95. The number of fused-ring (bicyclic) bond motifs is 1. The van der Waals surface area contributed by atoms with E-state index in [1.807, 2.05) is 18.3 Å². The summed E-state index contributed by atoms with van der Waals surface area (Å²) in [4.78, 5) is 4.54. The molecule has 3 nitrogen and oxygen atoms in total. The van der Waals surface area contributed by atoms with Crippen molar-refractivity contribution in [3.8, 4) is 0 Å². The molecule has 0 saturated carbocycles. The topological polar surface area (TPSA) is 43.3 Å². The Bertz CT molecular complexity index is 523. The lowest BCUT2D eigenvalue weighted by atomic mass is 9.92. The number of hydrogen-bond acceptors (Lipinski definition) is 2. The van der Waals surface area contributed by atoms with Gasteiger partial charge in [0.2, 0.25) is 0 Å². The molecule has 4 heteroatoms. The van der Waals surface area contributed by atoms with Crippen LogP contribution < -0.4 is 5.73 Å². The first-order valence-corrected chi connectivity index (χ1v) is 6.08. The highest BCUT2D eigenvalue weighted by Crippen LogP contribution is 2.25. The molecule has 2 N–H and O–H groups in total. The average Bonchev–Trinajstić information content (AvgIpc) is 2.40. The van der Waals surface area contributed by atoms with Gasteiger partial charge in [0.25, 0.3) is 0 Å². The van der Waals surface area contributed by atoms with Gasteiger partial charge in [-0.15, -0.1) is 0 Å². The first kappa shape index (κ1) is 11.5. The van der Waals surface area contributed by atoms with Crippen molar-refractivity contribution in [3.05, 3.63) is 28.8 Å². The molecule has 2 rings (SSSR count). The normalized spacial score (nSPS) is 12.2. The molecule has 0 aliphatic carbocycles. The number of rotatable bonds is 1. The Morgan fingerprint density at radius 1 is 1.44 bits per heavy atom. The molecule has 2 heterocycles.